The van der Waals surface area contributed by atoms with Gasteiger partial charge in [0.25, 0.3) is 0 Å². The van der Waals surface area contributed by atoms with E-state index in [1.807, 2.05) is 0 Å². The van der Waals surface area contributed by atoms with Crippen molar-refractivity contribution in [2.24, 2.45) is 5.73 Å². The van der Waals surface area contributed by atoms with Gasteiger partial charge >= 0.3 is 5.69 Å². The van der Waals surface area contributed by atoms with Crippen molar-refractivity contribution < 1.29 is 4.39 Å². The second kappa shape index (κ2) is 5.06. The first-order valence-electron chi connectivity index (χ1n) is 6.46. The summed E-state index contributed by atoms with van der Waals surface area (Å²) in [5, 5.41) is 7.04. The van der Waals surface area contributed by atoms with Crippen molar-refractivity contribution in [3.63, 3.8) is 0 Å². The molecule has 3 rings (SSSR count). The second-order valence-electron chi connectivity index (χ2n) is 4.95. The third-order valence-electron chi connectivity index (χ3n) is 3.25. The van der Waals surface area contributed by atoms with E-state index in [-0.39, 0.29) is 17.5 Å². The number of aromatic amines is 1. The van der Waals surface area contributed by atoms with Gasteiger partial charge < -0.3 is 5.73 Å². The first kappa shape index (κ1) is 13.4. The fourth-order valence-electron chi connectivity index (χ4n) is 2.16. The Kier molecular flexibility index (Phi) is 3.39. The van der Waals surface area contributed by atoms with E-state index in [9.17, 15) is 9.18 Å². The molecule has 5 nitrogen and oxygen atoms in total. The Morgan fingerprint density at radius 2 is 2.30 bits per heavy atom. The highest BCUT2D eigenvalue weighted by atomic mass is 32.2. The van der Waals surface area contributed by atoms with Crippen molar-refractivity contribution in [1.29, 1.82) is 0 Å². The number of H-pyrrole nitrogens is 1. The first-order valence-corrected chi connectivity index (χ1v) is 7.28. The smallest absolute Gasteiger partial charge is 0.324 e. The average Bonchev–Trinajstić information content (AvgIpc) is 3.15. The Balaban J connectivity index is 2.00. The van der Waals surface area contributed by atoms with E-state index in [0.717, 1.165) is 12.8 Å². The van der Waals surface area contributed by atoms with Gasteiger partial charge in [-0.05, 0) is 43.7 Å². The molecule has 20 heavy (non-hydrogen) atoms. The summed E-state index contributed by atoms with van der Waals surface area (Å²) in [6.45, 7) is 1.74. The lowest BCUT2D eigenvalue weighted by Gasteiger charge is -2.13. The van der Waals surface area contributed by atoms with E-state index in [4.69, 9.17) is 5.73 Å². The summed E-state index contributed by atoms with van der Waals surface area (Å²) >= 11 is 1.27. The Bertz CT molecular complexity index is 690. The fourth-order valence-corrected chi connectivity index (χ4v) is 3.32. The maximum atomic E-state index is 13.9. The lowest BCUT2D eigenvalue weighted by Crippen LogP contribution is -2.16. The van der Waals surface area contributed by atoms with Gasteiger partial charge in [0.1, 0.15) is 5.82 Å². The molecule has 0 amide bonds. The van der Waals surface area contributed by atoms with Crippen molar-refractivity contribution >= 4 is 11.8 Å². The normalized spacial score (nSPS) is 16.4. The van der Waals surface area contributed by atoms with Crippen LogP contribution in [0.25, 0.3) is 0 Å². The summed E-state index contributed by atoms with van der Waals surface area (Å²) in [6.07, 6.45) is 1.96. The second-order valence-corrected chi connectivity index (χ2v) is 5.96. The Labute approximate surface area is 119 Å². The number of halogens is 1. The van der Waals surface area contributed by atoms with E-state index in [1.165, 1.54) is 17.8 Å². The van der Waals surface area contributed by atoms with Crippen LogP contribution in [0.4, 0.5) is 4.39 Å². The van der Waals surface area contributed by atoms with Gasteiger partial charge in [0, 0.05) is 22.5 Å². The molecule has 0 radical (unpaired) electrons. The first-order chi connectivity index (χ1) is 9.58. The largest absolute Gasteiger partial charge is 0.344 e. The van der Waals surface area contributed by atoms with Crippen LogP contribution in [0.2, 0.25) is 0 Å². The zero-order chi connectivity index (χ0) is 14.3. The summed E-state index contributed by atoms with van der Waals surface area (Å²) in [4.78, 5) is 12.4. The highest BCUT2D eigenvalue weighted by molar-refractivity contribution is 7.99. The number of hydrogen-bond acceptors (Lipinski definition) is 4. The monoisotopic (exact) mass is 294 g/mol. The molecule has 1 aliphatic carbocycles. The maximum Gasteiger partial charge on any atom is 0.344 e. The quantitative estimate of drug-likeness (QED) is 0.906. The summed E-state index contributed by atoms with van der Waals surface area (Å²) < 4.78 is 15.5. The van der Waals surface area contributed by atoms with Crippen molar-refractivity contribution in [2.45, 2.75) is 41.9 Å². The zero-order valence-electron chi connectivity index (χ0n) is 11.0. The van der Waals surface area contributed by atoms with Crippen molar-refractivity contribution in [1.82, 2.24) is 14.8 Å². The number of benzene rings is 1. The van der Waals surface area contributed by atoms with Crippen LogP contribution in [-0.2, 0) is 0 Å². The van der Waals surface area contributed by atoms with Gasteiger partial charge in [-0.15, -0.1) is 5.10 Å². The third-order valence-corrected chi connectivity index (χ3v) is 4.30. The van der Waals surface area contributed by atoms with Crippen LogP contribution in [0.15, 0.2) is 33.0 Å². The van der Waals surface area contributed by atoms with Gasteiger partial charge in [0.05, 0.1) is 0 Å². The Hall–Kier alpha value is -1.60. The molecule has 1 saturated carbocycles. The summed E-state index contributed by atoms with van der Waals surface area (Å²) in [5.74, 6) is -0.333. The maximum absolute atomic E-state index is 13.9. The molecule has 0 spiro atoms. The van der Waals surface area contributed by atoms with E-state index in [2.05, 4.69) is 10.2 Å². The van der Waals surface area contributed by atoms with Gasteiger partial charge in [0.15, 0.2) is 5.16 Å². The number of hydrogen-bond donors (Lipinski definition) is 2. The van der Waals surface area contributed by atoms with Crippen LogP contribution >= 0.6 is 11.8 Å². The van der Waals surface area contributed by atoms with Crippen LogP contribution in [0.5, 0.6) is 0 Å². The lowest BCUT2D eigenvalue weighted by molar-refractivity contribution is 0.585. The van der Waals surface area contributed by atoms with Crippen molar-refractivity contribution in [3.05, 3.63) is 40.1 Å². The molecule has 7 heteroatoms. The molecule has 1 aromatic heterocycles. The molecule has 0 bridgehead atoms. The predicted octanol–water partition coefficient (Wildman–Crippen LogP) is 2.22. The average molecular weight is 294 g/mol. The van der Waals surface area contributed by atoms with Crippen molar-refractivity contribution in [3.8, 4) is 0 Å². The summed E-state index contributed by atoms with van der Waals surface area (Å²) in [7, 11) is 0. The molecule has 106 valence electrons. The van der Waals surface area contributed by atoms with Crippen LogP contribution in [0, 0.1) is 5.82 Å². The topological polar surface area (TPSA) is 76.7 Å². The standard InChI is InChI=1S/C13H15FN4OS/c1-7(15)11-9(14)3-2-4-10(11)20-13-17-16-12(19)18(13)8-5-6-8/h2-4,7-8H,5-6,15H2,1H3,(H,16,19)/t7-/m0/s1. The van der Waals surface area contributed by atoms with Gasteiger partial charge in [-0.3, -0.25) is 4.57 Å². The van der Waals surface area contributed by atoms with Gasteiger partial charge in [-0.25, -0.2) is 14.3 Å². The van der Waals surface area contributed by atoms with Gasteiger partial charge in [-0.1, -0.05) is 6.07 Å². The minimum Gasteiger partial charge on any atom is -0.324 e. The molecular weight excluding hydrogens is 279 g/mol. The molecule has 0 saturated heterocycles. The number of nitrogens with zero attached hydrogens (tertiary/aromatic N) is 2. The molecule has 2 aromatic rings. The Morgan fingerprint density at radius 3 is 2.95 bits per heavy atom. The number of nitrogens with one attached hydrogen (secondary N) is 1. The molecule has 0 aliphatic heterocycles. The highest BCUT2D eigenvalue weighted by Gasteiger charge is 2.29. The fraction of sp³-hybridized carbons (Fsp3) is 0.385. The molecule has 1 aliphatic rings. The highest BCUT2D eigenvalue weighted by Crippen LogP contribution is 2.39. The third kappa shape index (κ3) is 2.38. The summed E-state index contributed by atoms with van der Waals surface area (Å²) in [6, 6.07) is 4.62. The minimum absolute atomic E-state index is 0.214. The molecule has 1 fully saturated rings. The van der Waals surface area contributed by atoms with E-state index in [0.29, 0.717) is 15.6 Å². The Morgan fingerprint density at radius 1 is 1.55 bits per heavy atom. The molecule has 3 N–H and O–H groups in total. The molecule has 1 atom stereocenters. The van der Waals surface area contributed by atoms with Crippen LogP contribution in [0.1, 0.15) is 37.4 Å². The number of nitrogens with two attached hydrogens (primary N) is 1. The molecule has 1 aromatic carbocycles. The summed E-state index contributed by atoms with van der Waals surface area (Å²) in [5.41, 5.74) is 6.07. The van der Waals surface area contributed by atoms with E-state index in [1.54, 1.807) is 23.6 Å². The van der Waals surface area contributed by atoms with Crippen LogP contribution < -0.4 is 11.4 Å². The van der Waals surface area contributed by atoms with Gasteiger partial charge in [0.2, 0.25) is 0 Å². The lowest BCUT2D eigenvalue weighted by atomic mass is 10.1. The SMILES string of the molecule is C[C@H](N)c1c(F)cccc1Sc1n[nH]c(=O)n1C1CC1. The van der Waals surface area contributed by atoms with Crippen LogP contribution in [-0.4, -0.2) is 14.8 Å². The van der Waals surface area contributed by atoms with Gasteiger partial charge in [-0.2, -0.15) is 0 Å². The van der Waals surface area contributed by atoms with Crippen molar-refractivity contribution in [2.75, 3.05) is 0 Å². The zero-order valence-corrected chi connectivity index (χ0v) is 11.8. The van der Waals surface area contributed by atoms with E-state index >= 15 is 0 Å². The van der Waals surface area contributed by atoms with E-state index < -0.39 is 6.04 Å². The predicted molar refractivity (Wildman–Crippen MR) is 74.2 cm³/mol. The number of rotatable bonds is 4. The van der Waals surface area contributed by atoms with Crippen LogP contribution in [0.3, 0.4) is 0 Å². The minimum atomic E-state index is -0.418. The molecule has 1 heterocycles. The number of aromatic nitrogens is 3. The molecule has 0 unspecified atom stereocenters. The molecular formula is C13H15FN4OS.